The summed E-state index contributed by atoms with van der Waals surface area (Å²) < 4.78 is 0. The van der Waals surface area contributed by atoms with Crippen LogP contribution in [0.15, 0.2) is 24.5 Å². The molecule has 1 aromatic rings. The van der Waals surface area contributed by atoms with Crippen LogP contribution < -0.4 is 11.5 Å². The highest BCUT2D eigenvalue weighted by Crippen LogP contribution is 2.14. The fourth-order valence-corrected chi connectivity index (χ4v) is 1.29. The Kier molecular flexibility index (Phi) is 7.38. The second-order valence-electron chi connectivity index (χ2n) is 3.17. The fourth-order valence-electron chi connectivity index (χ4n) is 1.29. The van der Waals surface area contributed by atoms with Crippen molar-refractivity contribution in [1.82, 2.24) is 4.98 Å². The molecule has 1 aromatic heterocycles. The summed E-state index contributed by atoms with van der Waals surface area (Å²) in [6.45, 7) is 0.753. The molecule has 4 heteroatoms. The normalized spacial score (nSPS) is 11.9. The van der Waals surface area contributed by atoms with Crippen LogP contribution in [0.1, 0.15) is 30.9 Å². The molecule has 0 aliphatic carbocycles. The Labute approximate surface area is 91.3 Å². The first-order chi connectivity index (χ1) is 6.34. The lowest BCUT2D eigenvalue weighted by Gasteiger charge is -2.10. The van der Waals surface area contributed by atoms with E-state index >= 15 is 0 Å². The van der Waals surface area contributed by atoms with Crippen molar-refractivity contribution in [3.05, 3.63) is 30.1 Å². The lowest BCUT2D eigenvalue weighted by atomic mass is 10.0. The van der Waals surface area contributed by atoms with Gasteiger partial charge >= 0.3 is 0 Å². The molecule has 0 aliphatic rings. The SMILES string of the molecule is Cl.NCCCC[C@@H](N)c1ccncc1. The minimum atomic E-state index is 0. The van der Waals surface area contributed by atoms with E-state index < -0.39 is 0 Å². The summed E-state index contributed by atoms with van der Waals surface area (Å²) >= 11 is 0. The van der Waals surface area contributed by atoms with Crippen LogP contribution in [0, 0.1) is 0 Å². The number of hydrogen-bond acceptors (Lipinski definition) is 3. The molecule has 14 heavy (non-hydrogen) atoms. The molecule has 1 rings (SSSR count). The summed E-state index contributed by atoms with van der Waals surface area (Å²) in [7, 11) is 0. The number of nitrogens with two attached hydrogens (primary N) is 2. The van der Waals surface area contributed by atoms with Crippen LogP contribution in [0.4, 0.5) is 0 Å². The van der Waals surface area contributed by atoms with Gasteiger partial charge in [-0.1, -0.05) is 6.42 Å². The van der Waals surface area contributed by atoms with Crippen LogP contribution in [-0.4, -0.2) is 11.5 Å². The summed E-state index contributed by atoms with van der Waals surface area (Å²) in [5.41, 5.74) is 12.5. The summed E-state index contributed by atoms with van der Waals surface area (Å²) in [5.74, 6) is 0. The predicted molar refractivity (Wildman–Crippen MR) is 61.3 cm³/mol. The third-order valence-electron chi connectivity index (χ3n) is 2.10. The number of hydrogen-bond donors (Lipinski definition) is 2. The molecule has 80 valence electrons. The molecule has 1 atom stereocenters. The summed E-state index contributed by atoms with van der Waals surface area (Å²) in [6.07, 6.45) is 6.70. The zero-order valence-corrected chi connectivity index (χ0v) is 9.04. The van der Waals surface area contributed by atoms with Gasteiger partial charge in [-0.05, 0) is 37.1 Å². The van der Waals surface area contributed by atoms with E-state index in [-0.39, 0.29) is 18.4 Å². The van der Waals surface area contributed by atoms with E-state index in [1.165, 1.54) is 0 Å². The van der Waals surface area contributed by atoms with Crippen molar-refractivity contribution in [3.8, 4) is 0 Å². The molecular weight excluding hydrogens is 198 g/mol. The second kappa shape index (κ2) is 7.74. The number of halogens is 1. The molecule has 0 fully saturated rings. The first-order valence-corrected chi connectivity index (χ1v) is 4.70. The van der Waals surface area contributed by atoms with Crippen LogP contribution in [0.5, 0.6) is 0 Å². The Bertz CT molecular complexity index is 228. The Balaban J connectivity index is 0.00000169. The van der Waals surface area contributed by atoms with E-state index in [1.807, 2.05) is 12.1 Å². The maximum atomic E-state index is 5.97. The van der Waals surface area contributed by atoms with Gasteiger partial charge in [-0.15, -0.1) is 12.4 Å². The van der Waals surface area contributed by atoms with Gasteiger partial charge in [0.25, 0.3) is 0 Å². The van der Waals surface area contributed by atoms with Gasteiger partial charge in [0, 0.05) is 18.4 Å². The van der Waals surface area contributed by atoms with E-state index in [1.54, 1.807) is 12.4 Å². The lowest BCUT2D eigenvalue weighted by Crippen LogP contribution is -2.10. The van der Waals surface area contributed by atoms with E-state index in [0.29, 0.717) is 0 Å². The maximum absolute atomic E-state index is 5.97. The van der Waals surface area contributed by atoms with Crippen molar-refractivity contribution in [3.63, 3.8) is 0 Å². The van der Waals surface area contributed by atoms with Gasteiger partial charge in [0.1, 0.15) is 0 Å². The molecule has 0 bridgehead atoms. The number of unbranched alkanes of at least 4 members (excludes halogenated alkanes) is 1. The Hall–Kier alpha value is -0.640. The number of pyridine rings is 1. The van der Waals surface area contributed by atoms with Crippen molar-refractivity contribution >= 4 is 12.4 Å². The molecular formula is C10H18ClN3. The standard InChI is InChI=1S/C10H17N3.ClH/c11-6-2-1-3-10(12)9-4-7-13-8-5-9;/h4-5,7-8,10H,1-3,6,11-12H2;1H/t10-;/m1./s1. The maximum Gasteiger partial charge on any atom is 0.0295 e. The lowest BCUT2D eigenvalue weighted by molar-refractivity contribution is 0.590. The van der Waals surface area contributed by atoms with Crippen LogP contribution in [0.25, 0.3) is 0 Å². The van der Waals surface area contributed by atoms with Crippen molar-refractivity contribution in [1.29, 1.82) is 0 Å². The number of nitrogens with zero attached hydrogens (tertiary/aromatic N) is 1. The molecule has 0 aliphatic heterocycles. The Morgan fingerprint density at radius 3 is 2.43 bits per heavy atom. The highest BCUT2D eigenvalue weighted by atomic mass is 35.5. The van der Waals surface area contributed by atoms with Crippen LogP contribution in [-0.2, 0) is 0 Å². The predicted octanol–water partition coefficient (Wildman–Crippen LogP) is 1.63. The van der Waals surface area contributed by atoms with Gasteiger partial charge in [0.05, 0.1) is 0 Å². The number of rotatable bonds is 5. The number of aromatic nitrogens is 1. The summed E-state index contributed by atoms with van der Waals surface area (Å²) in [4.78, 5) is 3.95. The molecule has 0 saturated carbocycles. The van der Waals surface area contributed by atoms with Crippen molar-refractivity contribution in [2.75, 3.05) is 6.54 Å². The van der Waals surface area contributed by atoms with E-state index in [9.17, 15) is 0 Å². The van der Waals surface area contributed by atoms with Crippen LogP contribution >= 0.6 is 12.4 Å². The zero-order valence-electron chi connectivity index (χ0n) is 8.23. The average molecular weight is 216 g/mol. The minimum Gasteiger partial charge on any atom is -0.330 e. The zero-order chi connectivity index (χ0) is 9.52. The molecule has 0 amide bonds. The molecule has 0 saturated heterocycles. The van der Waals surface area contributed by atoms with E-state index in [0.717, 1.165) is 31.4 Å². The fraction of sp³-hybridized carbons (Fsp3) is 0.500. The molecule has 0 aromatic carbocycles. The monoisotopic (exact) mass is 215 g/mol. The van der Waals surface area contributed by atoms with Gasteiger partial charge in [0.2, 0.25) is 0 Å². The topological polar surface area (TPSA) is 64.9 Å². The highest BCUT2D eigenvalue weighted by molar-refractivity contribution is 5.85. The second-order valence-corrected chi connectivity index (χ2v) is 3.17. The van der Waals surface area contributed by atoms with Gasteiger partial charge in [0.15, 0.2) is 0 Å². The van der Waals surface area contributed by atoms with Gasteiger partial charge in [-0.2, -0.15) is 0 Å². The Morgan fingerprint density at radius 1 is 1.21 bits per heavy atom. The minimum absolute atomic E-state index is 0. The molecule has 0 spiro atoms. The molecule has 0 radical (unpaired) electrons. The Morgan fingerprint density at radius 2 is 1.86 bits per heavy atom. The van der Waals surface area contributed by atoms with Gasteiger partial charge in [-0.3, -0.25) is 4.98 Å². The third kappa shape index (κ3) is 4.56. The van der Waals surface area contributed by atoms with Crippen molar-refractivity contribution in [2.24, 2.45) is 11.5 Å². The van der Waals surface area contributed by atoms with Crippen molar-refractivity contribution in [2.45, 2.75) is 25.3 Å². The smallest absolute Gasteiger partial charge is 0.0295 e. The quantitative estimate of drug-likeness (QED) is 0.734. The molecule has 4 N–H and O–H groups in total. The van der Waals surface area contributed by atoms with Gasteiger partial charge in [-0.25, -0.2) is 0 Å². The first kappa shape index (κ1) is 13.4. The molecule has 0 unspecified atom stereocenters. The van der Waals surface area contributed by atoms with E-state index in [2.05, 4.69) is 4.98 Å². The van der Waals surface area contributed by atoms with Gasteiger partial charge < -0.3 is 11.5 Å². The summed E-state index contributed by atoms with van der Waals surface area (Å²) in [6, 6.07) is 4.06. The van der Waals surface area contributed by atoms with E-state index in [4.69, 9.17) is 11.5 Å². The largest absolute Gasteiger partial charge is 0.330 e. The first-order valence-electron chi connectivity index (χ1n) is 4.70. The summed E-state index contributed by atoms with van der Waals surface area (Å²) in [5, 5.41) is 0. The molecule has 1 heterocycles. The van der Waals surface area contributed by atoms with Crippen LogP contribution in [0.2, 0.25) is 0 Å². The van der Waals surface area contributed by atoms with Crippen LogP contribution in [0.3, 0.4) is 0 Å². The highest BCUT2D eigenvalue weighted by Gasteiger charge is 2.03. The average Bonchev–Trinajstić information content (AvgIpc) is 2.19. The van der Waals surface area contributed by atoms with Crippen molar-refractivity contribution < 1.29 is 0 Å². The third-order valence-corrected chi connectivity index (χ3v) is 2.10. The molecule has 3 nitrogen and oxygen atoms in total.